The predicted octanol–water partition coefficient (Wildman–Crippen LogP) is 4.25. The molecule has 2 rings (SSSR count). The zero-order valence-corrected chi connectivity index (χ0v) is 11.0. The standard InChI is InChI=1S/C14H10F3NOS/c15-14(16,17)10-3-5-11(6-4-10)18-13(19)9-1-7-12(20)8-2-9/h1-8,20H,(H,18,19). The highest BCUT2D eigenvalue weighted by molar-refractivity contribution is 7.80. The van der Waals surface area contributed by atoms with E-state index in [1.54, 1.807) is 24.3 Å². The largest absolute Gasteiger partial charge is 0.416 e. The third kappa shape index (κ3) is 3.54. The van der Waals surface area contributed by atoms with Crippen LogP contribution in [0.15, 0.2) is 53.4 Å². The molecule has 6 heteroatoms. The molecule has 2 nitrogen and oxygen atoms in total. The molecule has 2 aromatic rings. The number of nitrogens with one attached hydrogen (secondary N) is 1. The van der Waals surface area contributed by atoms with Gasteiger partial charge in [0.1, 0.15) is 0 Å². The van der Waals surface area contributed by atoms with Crippen LogP contribution in [0.3, 0.4) is 0 Å². The van der Waals surface area contributed by atoms with E-state index in [4.69, 9.17) is 0 Å². The minimum Gasteiger partial charge on any atom is -0.322 e. The predicted molar refractivity (Wildman–Crippen MR) is 73.1 cm³/mol. The molecule has 0 saturated heterocycles. The number of carbonyl (C=O) groups is 1. The molecule has 2 aromatic carbocycles. The summed E-state index contributed by atoms with van der Waals surface area (Å²) in [6, 6.07) is 10.8. The topological polar surface area (TPSA) is 29.1 Å². The lowest BCUT2D eigenvalue weighted by Crippen LogP contribution is -2.12. The molecule has 0 fully saturated rings. The molecule has 1 amide bonds. The number of hydrogen-bond acceptors (Lipinski definition) is 2. The lowest BCUT2D eigenvalue weighted by atomic mass is 10.2. The lowest BCUT2D eigenvalue weighted by molar-refractivity contribution is -0.137. The number of hydrogen-bond donors (Lipinski definition) is 2. The molecule has 0 bridgehead atoms. The number of benzene rings is 2. The molecular formula is C14H10F3NOS. The fraction of sp³-hybridized carbons (Fsp3) is 0.0714. The normalized spacial score (nSPS) is 11.2. The molecule has 0 unspecified atom stereocenters. The fourth-order valence-electron chi connectivity index (χ4n) is 1.56. The Hall–Kier alpha value is -1.95. The van der Waals surface area contributed by atoms with Crippen molar-refractivity contribution in [3.8, 4) is 0 Å². The Kier molecular flexibility index (Phi) is 4.04. The molecule has 0 radical (unpaired) electrons. The van der Waals surface area contributed by atoms with Gasteiger partial charge in [0.05, 0.1) is 5.56 Å². The first-order chi connectivity index (χ1) is 9.36. The van der Waals surface area contributed by atoms with E-state index in [2.05, 4.69) is 17.9 Å². The Labute approximate surface area is 119 Å². The van der Waals surface area contributed by atoms with E-state index in [1.807, 2.05) is 0 Å². The number of anilines is 1. The van der Waals surface area contributed by atoms with E-state index < -0.39 is 17.6 Å². The van der Waals surface area contributed by atoms with Crippen molar-refractivity contribution < 1.29 is 18.0 Å². The van der Waals surface area contributed by atoms with Gasteiger partial charge >= 0.3 is 6.18 Å². The average Bonchev–Trinajstić information content (AvgIpc) is 2.39. The van der Waals surface area contributed by atoms with Gasteiger partial charge in [0.15, 0.2) is 0 Å². The van der Waals surface area contributed by atoms with Gasteiger partial charge in [0, 0.05) is 16.1 Å². The zero-order valence-electron chi connectivity index (χ0n) is 10.1. The summed E-state index contributed by atoms with van der Waals surface area (Å²) < 4.78 is 37.2. The van der Waals surface area contributed by atoms with Crippen molar-refractivity contribution in [2.75, 3.05) is 5.32 Å². The SMILES string of the molecule is O=C(Nc1ccc(C(F)(F)F)cc1)c1ccc(S)cc1. The zero-order chi connectivity index (χ0) is 14.8. The molecule has 0 atom stereocenters. The van der Waals surface area contributed by atoms with Crippen molar-refractivity contribution in [3.05, 3.63) is 59.7 Å². The van der Waals surface area contributed by atoms with Gasteiger partial charge in [0.25, 0.3) is 5.91 Å². The van der Waals surface area contributed by atoms with Gasteiger partial charge in [-0.25, -0.2) is 0 Å². The Balaban J connectivity index is 2.10. The molecule has 0 spiro atoms. The average molecular weight is 297 g/mol. The molecule has 0 saturated carbocycles. The van der Waals surface area contributed by atoms with E-state index in [-0.39, 0.29) is 0 Å². The monoisotopic (exact) mass is 297 g/mol. The van der Waals surface area contributed by atoms with Gasteiger partial charge in [-0.05, 0) is 48.5 Å². The van der Waals surface area contributed by atoms with Gasteiger partial charge in [0.2, 0.25) is 0 Å². The van der Waals surface area contributed by atoms with Gasteiger partial charge in [-0.15, -0.1) is 12.6 Å². The van der Waals surface area contributed by atoms with Crippen molar-refractivity contribution in [1.82, 2.24) is 0 Å². The minimum absolute atomic E-state index is 0.304. The van der Waals surface area contributed by atoms with E-state index in [0.29, 0.717) is 11.3 Å². The summed E-state index contributed by atoms with van der Waals surface area (Å²) >= 11 is 4.10. The van der Waals surface area contributed by atoms with Crippen LogP contribution in [0.25, 0.3) is 0 Å². The maximum atomic E-state index is 12.4. The maximum absolute atomic E-state index is 12.4. The van der Waals surface area contributed by atoms with Crippen molar-refractivity contribution in [2.45, 2.75) is 11.1 Å². The summed E-state index contributed by atoms with van der Waals surface area (Å²) in [4.78, 5) is 12.6. The second-order valence-electron chi connectivity index (χ2n) is 4.08. The number of thiol groups is 1. The first-order valence-electron chi connectivity index (χ1n) is 5.64. The van der Waals surface area contributed by atoms with Gasteiger partial charge < -0.3 is 5.32 Å². The minimum atomic E-state index is -4.38. The van der Waals surface area contributed by atoms with Gasteiger partial charge in [-0.3, -0.25) is 4.79 Å². The quantitative estimate of drug-likeness (QED) is 0.797. The molecule has 0 aliphatic rings. The number of halogens is 3. The number of rotatable bonds is 2. The second kappa shape index (κ2) is 5.58. The van der Waals surface area contributed by atoms with Crippen LogP contribution in [0.4, 0.5) is 18.9 Å². The van der Waals surface area contributed by atoms with Crippen LogP contribution < -0.4 is 5.32 Å². The summed E-state index contributed by atoms with van der Waals surface area (Å²) in [6.07, 6.45) is -4.38. The highest BCUT2D eigenvalue weighted by Gasteiger charge is 2.29. The molecule has 1 N–H and O–H groups in total. The number of alkyl halides is 3. The highest BCUT2D eigenvalue weighted by Crippen LogP contribution is 2.29. The van der Waals surface area contributed by atoms with Crippen LogP contribution in [0.5, 0.6) is 0 Å². The fourth-order valence-corrected chi connectivity index (χ4v) is 1.71. The van der Waals surface area contributed by atoms with E-state index in [0.717, 1.165) is 17.0 Å². The van der Waals surface area contributed by atoms with E-state index in [9.17, 15) is 18.0 Å². The maximum Gasteiger partial charge on any atom is 0.416 e. The van der Waals surface area contributed by atoms with E-state index in [1.165, 1.54) is 12.1 Å². The van der Waals surface area contributed by atoms with Crippen molar-refractivity contribution in [3.63, 3.8) is 0 Å². The first kappa shape index (κ1) is 14.5. The summed E-state index contributed by atoms with van der Waals surface area (Å²) in [6.45, 7) is 0. The van der Waals surface area contributed by atoms with Crippen LogP contribution in [-0.4, -0.2) is 5.91 Å². The Morgan fingerprint density at radius 2 is 1.50 bits per heavy atom. The summed E-state index contributed by atoms with van der Waals surface area (Å²) in [5, 5.41) is 2.53. The highest BCUT2D eigenvalue weighted by atomic mass is 32.1. The molecular weight excluding hydrogens is 287 g/mol. The molecule has 0 aliphatic heterocycles. The summed E-state index contributed by atoms with van der Waals surface area (Å²) in [5.74, 6) is -0.391. The first-order valence-corrected chi connectivity index (χ1v) is 6.08. The van der Waals surface area contributed by atoms with Crippen LogP contribution in [-0.2, 0) is 6.18 Å². The number of carbonyl (C=O) groups excluding carboxylic acids is 1. The molecule has 20 heavy (non-hydrogen) atoms. The van der Waals surface area contributed by atoms with Crippen molar-refractivity contribution >= 4 is 24.2 Å². The summed E-state index contributed by atoms with van der Waals surface area (Å²) in [5.41, 5.74) is -0.0458. The Morgan fingerprint density at radius 1 is 0.950 bits per heavy atom. The molecule has 0 aromatic heterocycles. The van der Waals surface area contributed by atoms with Crippen molar-refractivity contribution in [2.24, 2.45) is 0 Å². The van der Waals surface area contributed by atoms with Crippen LogP contribution in [0.2, 0.25) is 0 Å². The van der Waals surface area contributed by atoms with Crippen molar-refractivity contribution in [1.29, 1.82) is 0 Å². The van der Waals surface area contributed by atoms with Crippen LogP contribution >= 0.6 is 12.6 Å². The van der Waals surface area contributed by atoms with Crippen LogP contribution in [0, 0.1) is 0 Å². The van der Waals surface area contributed by atoms with Gasteiger partial charge in [-0.2, -0.15) is 13.2 Å². The second-order valence-corrected chi connectivity index (χ2v) is 4.59. The van der Waals surface area contributed by atoms with Crippen LogP contribution in [0.1, 0.15) is 15.9 Å². The Bertz CT molecular complexity index is 606. The Morgan fingerprint density at radius 3 is 2.00 bits per heavy atom. The third-order valence-corrected chi connectivity index (χ3v) is 2.90. The smallest absolute Gasteiger partial charge is 0.322 e. The van der Waals surface area contributed by atoms with E-state index >= 15 is 0 Å². The molecule has 0 aliphatic carbocycles. The summed E-state index contributed by atoms with van der Waals surface area (Å²) in [7, 11) is 0. The third-order valence-electron chi connectivity index (χ3n) is 2.60. The lowest BCUT2D eigenvalue weighted by Gasteiger charge is -2.09. The molecule has 0 heterocycles. The molecule has 104 valence electrons. The number of amides is 1. The van der Waals surface area contributed by atoms with Gasteiger partial charge in [-0.1, -0.05) is 0 Å².